The van der Waals surface area contributed by atoms with Crippen molar-refractivity contribution in [1.29, 1.82) is 0 Å². The summed E-state index contributed by atoms with van der Waals surface area (Å²) in [6, 6.07) is 16.4. The van der Waals surface area contributed by atoms with E-state index in [0.717, 1.165) is 29.2 Å². The van der Waals surface area contributed by atoms with Gasteiger partial charge in [-0.1, -0.05) is 69.3 Å². The summed E-state index contributed by atoms with van der Waals surface area (Å²) < 4.78 is 5.82. The molecule has 2 aromatic rings. The molecule has 3 heteroatoms. The van der Waals surface area contributed by atoms with Crippen molar-refractivity contribution in [2.45, 2.75) is 51.9 Å². The molecule has 2 aromatic carbocycles. The van der Waals surface area contributed by atoms with E-state index in [2.05, 4.69) is 56.4 Å². The van der Waals surface area contributed by atoms with Crippen LogP contribution in [-0.2, 0) is 6.42 Å². The van der Waals surface area contributed by atoms with Gasteiger partial charge in [0.1, 0.15) is 5.75 Å². The highest BCUT2D eigenvalue weighted by molar-refractivity contribution is 5.71. The van der Waals surface area contributed by atoms with Gasteiger partial charge < -0.3 is 10.1 Å². The normalized spacial score (nSPS) is 14.9. The van der Waals surface area contributed by atoms with E-state index in [1.165, 1.54) is 18.4 Å². The van der Waals surface area contributed by atoms with Crippen molar-refractivity contribution in [3.05, 3.63) is 65.2 Å². The Hall–Kier alpha value is -2.29. The first-order valence-corrected chi connectivity index (χ1v) is 9.68. The zero-order chi connectivity index (χ0) is 18.5. The van der Waals surface area contributed by atoms with Crippen LogP contribution >= 0.6 is 0 Å². The average Bonchev–Trinajstić information content (AvgIpc) is 3.47. The number of hydrogen-bond acceptors (Lipinski definition) is 2. The minimum Gasteiger partial charge on any atom is -0.410 e. The van der Waals surface area contributed by atoms with Crippen molar-refractivity contribution in [2.75, 3.05) is 6.54 Å². The lowest BCUT2D eigenvalue weighted by Gasteiger charge is -2.20. The minimum atomic E-state index is -0.363. The van der Waals surface area contributed by atoms with E-state index in [9.17, 15) is 4.79 Å². The largest absolute Gasteiger partial charge is 0.412 e. The summed E-state index contributed by atoms with van der Waals surface area (Å²) in [7, 11) is 0. The molecule has 1 atom stereocenters. The Morgan fingerprint density at radius 2 is 1.73 bits per heavy atom. The molecule has 1 fully saturated rings. The summed E-state index contributed by atoms with van der Waals surface area (Å²) in [6.45, 7) is 7.10. The molecule has 1 saturated carbocycles. The molecule has 0 aliphatic heterocycles. The van der Waals surface area contributed by atoms with E-state index >= 15 is 0 Å². The Kier molecular flexibility index (Phi) is 5.97. The zero-order valence-corrected chi connectivity index (χ0v) is 16.0. The van der Waals surface area contributed by atoms with Crippen LogP contribution in [0.4, 0.5) is 4.79 Å². The van der Waals surface area contributed by atoms with Crippen molar-refractivity contribution < 1.29 is 9.53 Å². The Bertz CT molecular complexity index is 735. The lowest BCUT2D eigenvalue weighted by molar-refractivity contribution is 0.199. The highest BCUT2D eigenvalue weighted by Crippen LogP contribution is 2.46. The molecule has 0 unspecified atom stereocenters. The van der Waals surface area contributed by atoms with Gasteiger partial charge in [0.2, 0.25) is 0 Å². The number of nitrogens with one attached hydrogen (secondary N) is 1. The molecule has 138 valence electrons. The summed E-state index contributed by atoms with van der Waals surface area (Å²) in [4.78, 5) is 12.4. The Balaban J connectivity index is 1.67. The highest BCUT2D eigenvalue weighted by atomic mass is 16.6. The topological polar surface area (TPSA) is 38.3 Å². The number of carbonyl (C=O) groups excluding carboxylic acids is 1. The van der Waals surface area contributed by atoms with Crippen LogP contribution in [0.2, 0.25) is 0 Å². The summed E-state index contributed by atoms with van der Waals surface area (Å²) in [6.07, 6.45) is 2.98. The van der Waals surface area contributed by atoms with Crippen molar-refractivity contribution in [3.8, 4) is 5.75 Å². The maximum absolute atomic E-state index is 12.4. The molecule has 0 spiro atoms. The van der Waals surface area contributed by atoms with Gasteiger partial charge in [0.25, 0.3) is 0 Å². The van der Waals surface area contributed by atoms with Gasteiger partial charge in [-0.15, -0.1) is 0 Å². The predicted octanol–water partition coefficient (Wildman–Crippen LogP) is 5.65. The lowest BCUT2D eigenvalue weighted by atomic mass is 9.90. The Labute approximate surface area is 156 Å². The molecule has 1 amide bonds. The van der Waals surface area contributed by atoms with Gasteiger partial charge in [-0.2, -0.15) is 0 Å². The number of hydrogen-bond donors (Lipinski definition) is 1. The molecule has 0 aromatic heterocycles. The molecule has 0 bridgehead atoms. The fourth-order valence-corrected chi connectivity index (χ4v) is 3.44. The number of rotatable bonds is 7. The van der Waals surface area contributed by atoms with Crippen molar-refractivity contribution in [3.63, 3.8) is 0 Å². The van der Waals surface area contributed by atoms with Gasteiger partial charge in [0.15, 0.2) is 0 Å². The standard InChI is InChI=1S/C23H29NO2/c1-16(2)20-10-7-11-21(17(3)19-12-13-19)22(20)26-23(25)24-15-14-18-8-5-4-6-9-18/h4-11,16-17,19H,12-15H2,1-3H3,(H,24,25)/t17-/m0/s1. The van der Waals surface area contributed by atoms with Crippen molar-refractivity contribution >= 4 is 6.09 Å². The molecular weight excluding hydrogens is 322 g/mol. The lowest BCUT2D eigenvalue weighted by Crippen LogP contribution is -2.29. The Morgan fingerprint density at radius 1 is 1.04 bits per heavy atom. The maximum atomic E-state index is 12.4. The highest BCUT2D eigenvalue weighted by Gasteiger charge is 2.32. The molecule has 0 heterocycles. The molecule has 0 radical (unpaired) electrons. The summed E-state index contributed by atoms with van der Waals surface area (Å²) in [5, 5.41) is 2.90. The van der Waals surface area contributed by atoms with Crippen LogP contribution in [0.1, 0.15) is 62.1 Å². The molecule has 1 N–H and O–H groups in total. The SMILES string of the molecule is CC(C)c1cccc([C@@H](C)C2CC2)c1OC(=O)NCCc1ccccc1. The van der Waals surface area contributed by atoms with Crippen LogP contribution in [0.25, 0.3) is 0 Å². The molecule has 1 aliphatic rings. The monoisotopic (exact) mass is 351 g/mol. The van der Waals surface area contributed by atoms with Crippen LogP contribution in [0.3, 0.4) is 0 Å². The number of amides is 1. The van der Waals surface area contributed by atoms with Gasteiger partial charge in [0.05, 0.1) is 0 Å². The molecule has 1 aliphatic carbocycles. The zero-order valence-electron chi connectivity index (χ0n) is 16.0. The van der Waals surface area contributed by atoms with Crippen molar-refractivity contribution in [2.24, 2.45) is 5.92 Å². The second-order valence-corrected chi connectivity index (χ2v) is 7.60. The molecule has 26 heavy (non-hydrogen) atoms. The van der Waals surface area contributed by atoms with E-state index in [4.69, 9.17) is 4.74 Å². The average molecular weight is 351 g/mol. The first kappa shape index (κ1) is 18.5. The maximum Gasteiger partial charge on any atom is 0.412 e. The Morgan fingerprint density at radius 3 is 2.38 bits per heavy atom. The number of carbonyl (C=O) groups is 1. The molecule has 3 rings (SSSR count). The van der Waals surface area contributed by atoms with E-state index in [1.54, 1.807) is 0 Å². The number of benzene rings is 2. The molecule has 0 saturated heterocycles. The quantitative estimate of drug-likeness (QED) is 0.699. The predicted molar refractivity (Wildman–Crippen MR) is 106 cm³/mol. The first-order valence-electron chi connectivity index (χ1n) is 9.68. The fourth-order valence-electron chi connectivity index (χ4n) is 3.44. The fraction of sp³-hybridized carbons (Fsp3) is 0.435. The van der Waals surface area contributed by atoms with Crippen LogP contribution in [0.15, 0.2) is 48.5 Å². The third-order valence-corrected chi connectivity index (χ3v) is 5.24. The molecule has 3 nitrogen and oxygen atoms in total. The molecular formula is C23H29NO2. The van der Waals surface area contributed by atoms with Crippen LogP contribution < -0.4 is 10.1 Å². The smallest absolute Gasteiger partial charge is 0.410 e. The third-order valence-electron chi connectivity index (χ3n) is 5.24. The summed E-state index contributed by atoms with van der Waals surface area (Å²) in [5.74, 6) is 2.23. The van der Waals surface area contributed by atoms with Crippen LogP contribution in [0.5, 0.6) is 5.75 Å². The van der Waals surface area contributed by atoms with Crippen molar-refractivity contribution in [1.82, 2.24) is 5.32 Å². The van der Waals surface area contributed by atoms with E-state index < -0.39 is 0 Å². The van der Waals surface area contributed by atoms with E-state index in [1.807, 2.05) is 18.2 Å². The van der Waals surface area contributed by atoms with Gasteiger partial charge in [-0.05, 0) is 53.7 Å². The van der Waals surface area contributed by atoms with Gasteiger partial charge in [-0.3, -0.25) is 0 Å². The first-order chi connectivity index (χ1) is 12.6. The second-order valence-electron chi connectivity index (χ2n) is 7.60. The number of para-hydroxylation sites is 1. The third kappa shape index (κ3) is 4.66. The van der Waals surface area contributed by atoms with E-state index in [0.29, 0.717) is 18.4 Å². The van der Waals surface area contributed by atoms with Gasteiger partial charge in [0, 0.05) is 6.54 Å². The number of ether oxygens (including phenoxy) is 1. The van der Waals surface area contributed by atoms with Crippen LogP contribution in [-0.4, -0.2) is 12.6 Å². The minimum absolute atomic E-state index is 0.313. The van der Waals surface area contributed by atoms with Gasteiger partial charge >= 0.3 is 6.09 Å². The summed E-state index contributed by atoms with van der Waals surface area (Å²) >= 11 is 0. The van der Waals surface area contributed by atoms with E-state index in [-0.39, 0.29) is 6.09 Å². The van der Waals surface area contributed by atoms with Gasteiger partial charge in [-0.25, -0.2) is 4.79 Å². The summed E-state index contributed by atoms with van der Waals surface area (Å²) in [5.41, 5.74) is 3.48. The van der Waals surface area contributed by atoms with Crippen LogP contribution in [0, 0.1) is 5.92 Å². The second kappa shape index (κ2) is 8.39.